The number of alkyl halides is 1. The van der Waals surface area contributed by atoms with Crippen molar-refractivity contribution in [1.29, 1.82) is 0 Å². The van der Waals surface area contributed by atoms with Gasteiger partial charge in [-0.15, -0.1) is 0 Å². The highest BCUT2D eigenvalue weighted by Crippen LogP contribution is 2.36. The zero-order valence-corrected chi connectivity index (χ0v) is 18.1. The van der Waals surface area contributed by atoms with Gasteiger partial charge in [-0.3, -0.25) is 9.69 Å². The second-order valence-corrected chi connectivity index (χ2v) is 9.13. The number of benzene rings is 1. The van der Waals surface area contributed by atoms with E-state index < -0.39 is 11.8 Å². The molecule has 4 heterocycles. The van der Waals surface area contributed by atoms with Crippen molar-refractivity contribution >= 4 is 17.2 Å². The topological polar surface area (TPSA) is 92.0 Å². The number of anilines is 1. The summed E-state index contributed by atoms with van der Waals surface area (Å²) in [5.41, 5.74) is 3.42. The Bertz CT molecular complexity index is 1170. The summed E-state index contributed by atoms with van der Waals surface area (Å²) in [7, 11) is 0. The molecule has 2 aromatic heterocycles. The first kappa shape index (κ1) is 21.0. The third-order valence-corrected chi connectivity index (χ3v) is 6.19. The molecule has 2 aliphatic rings. The van der Waals surface area contributed by atoms with Crippen molar-refractivity contribution in [2.24, 2.45) is 0 Å². The molecule has 1 aromatic carbocycles. The van der Waals surface area contributed by atoms with E-state index in [4.69, 9.17) is 4.74 Å². The molecule has 32 heavy (non-hydrogen) atoms. The van der Waals surface area contributed by atoms with Gasteiger partial charge in [0.2, 0.25) is 0 Å². The van der Waals surface area contributed by atoms with Crippen LogP contribution < -0.4 is 5.32 Å². The molecule has 0 radical (unpaired) electrons. The highest BCUT2D eigenvalue weighted by Gasteiger charge is 2.32. The summed E-state index contributed by atoms with van der Waals surface area (Å²) in [4.78, 5) is 19.3. The second-order valence-electron chi connectivity index (χ2n) is 9.13. The minimum atomic E-state index is -1.38. The maximum Gasteiger partial charge on any atom is 0.261 e. The standard InChI is InChI=1S/C23H26FN5O3/c1-23(2,31)20(24)11-28-9-14-6-17(16-12-32-13-16)19(7-15(14)10-28)27-22(30)18-8-26-29-5-3-4-25-21(18)29/h3-8,16,20,31H,9-13H2,1-2H3,(H,27,30)/t20-/m1/s1. The van der Waals surface area contributed by atoms with Crippen LogP contribution in [0.25, 0.3) is 5.65 Å². The summed E-state index contributed by atoms with van der Waals surface area (Å²) >= 11 is 0. The molecule has 9 heteroatoms. The molecule has 8 nitrogen and oxygen atoms in total. The van der Waals surface area contributed by atoms with Gasteiger partial charge in [-0.25, -0.2) is 13.9 Å². The molecule has 1 atom stereocenters. The van der Waals surface area contributed by atoms with E-state index in [0.717, 1.165) is 22.4 Å². The fourth-order valence-corrected chi connectivity index (χ4v) is 4.16. The van der Waals surface area contributed by atoms with Crippen molar-refractivity contribution in [2.75, 3.05) is 25.1 Å². The molecule has 0 bridgehead atoms. The zero-order chi connectivity index (χ0) is 22.5. The molecule has 5 rings (SSSR count). The van der Waals surface area contributed by atoms with E-state index in [2.05, 4.69) is 21.5 Å². The number of fused-ring (bicyclic) bond motifs is 2. The first-order valence-corrected chi connectivity index (χ1v) is 10.7. The Hall–Kier alpha value is -2.88. The van der Waals surface area contributed by atoms with Crippen molar-refractivity contribution in [3.63, 3.8) is 0 Å². The molecule has 1 amide bonds. The van der Waals surface area contributed by atoms with E-state index in [-0.39, 0.29) is 18.4 Å². The molecular weight excluding hydrogens is 413 g/mol. The van der Waals surface area contributed by atoms with Crippen LogP contribution in [0.3, 0.4) is 0 Å². The Kier molecular flexibility index (Phi) is 5.19. The maximum absolute atomic E-state index is 14.4. The summed E-state index contributed by atoms with van der Waals surface area (Å²) in [6.45, 7) is 5.50. The maximum atomic E-state index is 14.4. The average Bonchev–Trinajstić information content (AvgIpc) is 3.29. The fourth-order valence-electron chi connectivity index (χ4n) is 4.16. The fraction of sp³-hybridized carbons (Fsp3) is 0.435. The van der Waals surface area contributed by atoms with Crippen LogP contribution in [-0.4, -0.2) is 62.0 Å². The third kappa shape index (κ3) is 3.87. The molecule has 0 aliphatic carbocycles. The summed E-state index contributed by atoms with van der Waals surface area (Å²) in [5, 5.41) is 17.2. The normalized spacial score (nSPS) is 17.9. The predicted molar refractivity (Wildman–Crippen MR) is 116 cm³/mol. The number of nitrogens with zero attached hydrogens (tertiary/aromatic N) is 4. The number of aromatic nitrogens is 3. The van der Waals surface area contributed by atoms with E-state index in [1.807, 2.05) is 11.0 Å². The molecule has 0 spiro atoms. The van der Waals surface area contributed by atoms with Gasteiger partial charge >= 0.3 is 0 Å². The number of carbonyl (C=O) groups excluding carboxylic acids is 1. The summed E-state index contributed by atoms with van der Waals surface area (Å²) in [6.07, 6.45) is 3.53. The quantitative estimate of drug-likeness (QED) is 0.613. The highest BCUT2D eigenvalue weighted by atomic mass is 19.1. The summed E-state index contributed by atoms with van der Waals surface area (Å²) in [6, 6.07) is 5.84. The number of halogens is 1. The minimum absolute atomic E-state index is 0.149. The van der Waals surface area contributed by atoms with Crippen LogP contribution in [0.2, 0.25) is 0 Å². The molecule has 2 aliphatic heterocycles. The smallest absolute Gasteiger partial charge is 0.261 e. The van der Waals surface area contributed by atoms with Gasteiger partial charge in [0.1, 0.15) is 11.7 Å². The molecule has 1 saturated heterocycles. The Morgan fingerprint density at radius 1 is 1.34 bits per heavy atom. The van der Waals surface area contributed by atoms with Gasteiger partial charge in [-0.05, 0) is 42.7 Å². The van der Waals surface area contributed by atoms with Crippen molar-refractivity contribution in [2.45, 2.75) is 44.6 Å². The van der Waals surface area contributed by atoms with Crippen LogP contribution >= 0.6 is 0 Å². The average molecular weight is 439 g/mol. The lowest BCUT2D eigenvalue weighted by Gasteiger charge is -2.29. The van der Waals surface area contributed by atoms with Gasteiger partial charge < -0.3 is 15.2 Å². The monoisotopic (exact) mass is 439 g/mol. The van der Waals surface area contributed by atoms with Gasteiger partial charge in [-0.1, -0.05) is 6.07 Å². The highest BCUT2D eigenvalue weighted by molar-refractivity contribution is 6.08. The molecular formula is C23H26FN5O3. The summed E-state index contributed by atoms with van der Waals surface area (Å²) in [5.74, 6) is -0.0715. The Morgan fingerprint density at radius 2 is 2.09 bits per heavy atom. The van der Waals surface area contributed by atoms with Crippen LogP contribution in [0, 0.1) is 0 Å². The van der Waals surface area contributed by atoms with Gasteiger partial charge in [0.25, 0.3) is 5.91 Å². The molecule has 1 fully saturated rings. The summed E-state index contributed by atoms with van der Waals surface area (Å²) < 4.78 is 21.4. The lowest BCUT2D eigenvalue weighted by Crippen LogP contribution is -2.40. The number of ether oxygens (including phenoxy) is 1. The van der Waals surface area contributed by atoms with Gasteiger partial charge in [0.15, 0.2) is 5.65 Å². The number of carbonyl (C=O) groups is 1. The predicted octanol–water partition coefficient (Wildman–Crippen LogP) is 2.52. The van der Waals surface area contributed by atoms with E-state index in [1.165, 1.54) is 20.0 Å². The van der Waals surface area contributed by atoms with E-state index >= 15 is 0 Å². The molecule has 0 saturated carbocycles. The van der Waals surface area contributed by atoms with Crippen LogP contribution in [0.5, 0.6) is 0 Å². The Morgan fingerprint density at radius 3 is 2.78 bits per heavy atom. The van der Waals surface area contributed by atoms with Crippen LogP contribution in [-0.2, 0) is 17.8 Å². The largest absolute Gasteiger partial charge is 0.387 e. The number of nitrogens with one attached hydrogen (secondary N) is 1. The number of hydrogen-bond acceptors (Lipinski definition) is 6. The number of amides is 1. The first-order valence-electron chi connectivity index (χ1n) is 10.7. The number of hydrogen-bond donors (Lipinski definition) is 2. The lowest BCUT2D eigenvalue weighted by atomic mass is 9.92. The van der Waals surface area contributed by atoms with Crippen molar-refractivity contribution in [1.82, 2.24) is 19.5 Å². The molecule has 168 valence electrons. The number of rotatable bonds is 6. The lowest BCUT2D eigenvalue weighted by molar-refractivity contribution is -0.0191. The van der Waals surface area contributed by atoms with Crippen molar-refractivity contribution in [3.8, 4) is 0 Å². The molecule has 3 aromatic rings. The van der Waals surface area contributed by atoms with Crippen LogP contribution in [0.4, 0.5) is 10.1 Å². The van der Waals surface area contributed by atoms with Crippen molar-refractivity contribution < 1.29 is 19.0 Å². The van der Waals surface area contributed by atoms with E-state index in [1.54, 1.807) is 23.0 Å². The van der Waals surface area contributed by atoms with Crippen molar-refractivity contribution in [3.05, 3.63) is 59.0 Å². The van der Waals surface area contributed by atoms with Crippen LogP contribution in [0.15, 0.2) is 36.8 Å². The van der Waals surface area contributed by atoms with E-state index in [0.29, 0.717) is 37.5 Å². The second kappa shape index (κ2) is 7.91. The zero-order valence-electron chi connectivity index (χ0n) is 18.1. The molecule has 2 N–H and O–H groups in total. The Labute approximate surface area is 185 Å². The minimum Gasteiger partial charge on any atom is -0.387 e. The Balaban J connectivity index is 1.41. The van der Waals surface area contributed by atoms with Crippen LogP contribution in [0.1, 0.15) is 46.8 Å². The van der Waals surface area contributed by atoms with Gasteiger partial charge in [-0.2, -0.15) is 5.10 Å². The SMILES string of the molecule is CC(C)(O)[C@H](F)CN1Cc2cc(NC(=O)c3cnn4cccnc34)c(C3COC3)cc2C1. The van der Waals surface area contributed by atoms with Gasteiger partial charge in [0, 0.05) is 43.6 Å². The number of aliphatic hydroxyl groups is 1. The third-order valence-electron chi connectivity index (χ3n) is 6.19. The van der Waals surface area contributed by atoms with E-state index in [9.17, 15) is 14.3 Å². The first-order chi connectivity index (χ1) is 15.3. The van der Waals surface area contributed by atoms with Gasteiger partial charge in [0.05, 0.1) is 25.0 Å². The molecule has 0 unspecified atom stereocenters.